The smallest absolute Gasteiger partial charge is 0.252 e. The summed E-state index contributed by atoms with van der Waals surface area (Å²) < 4.78 is 2.00. The topological polar surface area (TPSA) is 60.4 Å². The lowest BCUT2D eigenvalue weighted by Crippen LogP contribution is -2.18. The average molecular weight is 319 g/mol. The first kappa shape index (κ1) is 14.9. The molecule has 0 bridgehead atoms. The number of aryl methyl sites for hydroxylation is 3. The Morgan fingerprint density at radius 1 is 1.25 bits per heavy atom. The van der Waals surface area contributed by atoms with Gasteiger partial charge in [-0.1, -0.05) is 24.3 Å². The third-order valence-corrected chi connectivity index (χ3v) is 5.12. The first-order valence-corrected chi connectivity index (χ1v) is 8.40. The average Bonchev–Trinajstić information content (AvgIpc) is 2.94. The fourth-order valence-electron chi connectivity index (χ4n) is 3.99. The second-order valence-corrected chi connectivity index (χ2v) is 6.76. The predicted octanol–water partition coefficient (Wildman–Crippen LogP) is 3.32. The summed E-state index contributed by atoms with van der Waals surface area (Å²) >= 11 is 0. The number of nitrogens with zero attached hydrogens (tertiary/aromatic N) is 2. The van der Waals surface area contributed by atoms with Gasteiger partial charge in [-0.3, -0.25) is 4.79 Å². The summed E-state index contributed by atoms with van der Waals surface area (Å²) in [5.74, 6) is -0.0762. The maximum Gasteiger partial charge on any atom is 0.252 e. The minimum absolute atomic E-state index is 0.309. The van der Waals surface area contributed by atoms with Gasteiger partial charge < -0.3 is 10.1 Å². The zero-order valence-electron chi connectivity index (χ0n) is 14.0. The molecule has 4 heteroatoms. The highest BCUT2D eigenvalue weighted by Gasteiger charge is 2.27. The highest BCUT2D eigenvalue weighted by atomic mass is 16.1. The number of aromatic nitrogens is 2. The number of rotatable bonds is 2. The molecule has 2 heterocycles. The SMILES string of the molecule is Cc1cc(C)n2cc(C3CCc4ccccc4C3)c(C(N)=O)c2n1. The van der Waals surface area contributed by atoms with Crippen LogP contribution in [0.15, 0.2) is 36.5 Å². The van der Waals surface area contributed by atoms with Crippen molar-refractivity contribution in [2.24, 2.45) is 5.73 Å². The van der Waals surface area contributed by atoms with Crippen molar-refractivity contribution in [2.45, 2.75) is 39.0 Å². The van der Waals surface area contributed by atoms with Gasteiger partial charge in [0.15, 0.2) is 0 Å². The first-order chi connectivity index (χ1) is 11.5. The number of carbonyl (C=O) groups is 1. The summed E-state index contributed by atoms with van der Waals surface area (Å²) in [7, 11) is 0. The fraction of sp³-hybridized carbons (Fsp3) is 0.300. The zero-order valence-corrected chi connectivity index (χ0v) is 14.0. The summed E-state index contributed by atoms with van der Waals surface area (Å²) in [5.41, 5.74) is 12.8. The summed E-state index contributed by atoms with van der Waals surface area (Å²) in [6, 6.07) is 10.6. The molecule has 0 fully saturated rings. The van der Waals surface area contributed by atoms with Crippen molar-refractivity contribution in [3.05, 3.63) is 70.2 Å². The standard InChI is InChI=1S/C20H21N3O/c1-12-9-13(2)23-11-17(18(19(21)24)20(23)22-12)16-8-7-14-5-3-4-6-15(14)10-16/h3-6,9,11,16H,7-8,10H2,1-2H3,(H2,21,24). The molecule has 3 aromatic rings. The molecule has 2 aromatic heterocycles. The summed E-state index contributed by atoms with van der Waals surface area (Å²) in [6.07, 6.45) is 5.09. The van der Waals surface area contributed by atoms with E-state index in [0.717, 1.165) is 36.2 Å². The molecule has 1 aliphatic carbocycles. The van der Waals surface area contributed by atoms with Crippen LogP contribution in [0.5, 0.6) is 0 Å². The summed E-state index contributed by atoms with van der Waals surface area (Å²) in [5, 5.41) is 0. The van der Waals surface area contributed by atoms with Crippen molar-refractivity contribution >= 4 is 11.6 Å². The lowest BCUT2D eigenvalue weighted by Gasteiger charge is -2.24. The van der Waals surface area contributed by atoms with Gasteiger partial charge in [0, 0.05) is 17.6 Å². The van der Waals surface area contributed by atoms with Crippen LogP contribution in [-0.4, -0.2) is 15.3 Å². The minimum atomic E-state index is -0.385. The van der Waals surface area contributed by atoms with E-state index in [2.05, 4.69) is 35.4 Å². The number of primary amides is 1. The van der Waals surface area contributed by atoms with E-state index in [1.807, 2.05) is 24.3 Å². The van der Waals surface area contributed by atoms with Gasteiger partial charge >= 0.3 is 0 Å². The molecule has 0 saturated carbocycles. The number of amides is 1. The molecule has 0 saturated heterocycles. The highest BCUT2D eigenvalue weighted by molar-refractivity contribution is 6.01. The third kappa shape index (κ3) is 2.30. The van der Waals surface area contributed by atoms with Crippen molar-refractivity contribution in [3.8, 4) is 0 Å². The van der Waals surface area contributed by atoms with Gasteiger partial charge in [-0.2, -0.15) is 0 Å². The Morgan fingerprint density at radius 2 is 2.00 bits per heavy atom. The molecule has 122 valence electrons. The largest absolute Gasteiger partial charge is 0.365 e. The van der Waals surface area contributed by atoms with E-state index in [0.29, 0.717) is 17.1 Å². The van der Waals surface area contributed by atoms with E-state index in [9.17, 15) is 4.79 Å². The zero-order chi connectivity index (χ0) is 16.8. The molecular weight excluding hydrogens is 298 g/mol. The van der Waals surface area contributed by atoms with Crippen LogP contribution in [-0.2, 0) is 12.8 Å². The van der Waals surface area contributed by atoms with Gasteiger partial charge in [-0.25, -0.2) is 4.98 Å². The van der Waals surface area contributed by atoms with Gasteiger partial charge in [-0.05, 0) is 61.8 Å². The Balaban J connectivity index is 1.87. The first-order valence-electron chi connectivity index (χ1n) is 8.40. The molecule has 0 aliphatic heterocycles. The monoisotopic (exact) mass is 319 g/mol. The molecule has 1 amide bonds. The molecule has 24 heavy (non-hydrogen) atoms. The Labute approximate surface area is 141 Å². The van der Waals surface area contributed by atoms with Crippen LogP contribution < -0.4 is 5.73 Å². The van der Waals surface area contributed by atoms with Crippen LogP contribution in [0.1, 0.15) is 50.8 Å². The van der Waals surface area contributed by atoms with Crippen LogP contribution in [0, 0.1) is 13.8 Å². The number of nitrogens with two attached hydrogens (primary N) is 1. The van der Waals surface area contributed by atoms with Crippen molar-refractivity contribution in [2.75, 3.05) is 0 Å². The number of carbonyl (C=O) groups excluding carboxylic acids is 1. The maximum absolute atomic E-state index is 12.2. The van der Waals surface area contributed by atoms with Gasteiger partial charge in [0.1, 0.15) is 5.65 Å². The molecule has 0 radical (unpaired) electrons. The van der Waals surface area contributed by atoms with Crippen LogP contribution in [0.4, 0.5) is 0 Å². The van der Waals surface area contributed by atoms with Crippen LogP contribution in [0.25, 0.3) is 5.65 Å². The van der Waals surface area contributed by atoms with E-state index >= 15 is 0 Å². The van der Waals surface area contributed by atoms with Gasteiger partial charge in [0.05, 0.1) is 5.56 Å². The molecule has 2 N–H and O–H groups in total. The molecule has 1 unspecified atom stereocenters. The molecule has 0 spiro atoms. The van der Waals surface area contributed by atoms with E-state index in [4.69, 9.17) is 5.73 Å². The van der Waals surface area contributed by atoms with Crippen molar-refractivity contribution in [1.82, 2.24) is 9.38 Å². The van der Waals surface area contributed by atoms with Crippen LogP contribution in [0.3, 0.4) is 0 Å². The maximum atomic E-state index is 12.2. The number of fused-ring (bicyclic) bond motifs is 2. The Bertz CT molecular complexity index is 955. The molecule has 1 atom stereocenters. The number of hydrogen-bond acceptors (Lipinski definition) is 2. The van der Waals surface area contributed by atoms with E-state index < -0.39 is 0 Å². The highest BCUT2D eigenvalue weighted by Crippen LogP contribution is 2.36. The van der Waals surface area contributed by atoms with Gasteiger partial charge in [0.2, 0.25) is 0 Å². The minimum Gasteiger partial charge on any atom is -0.365 e. The molecule has 1 aliphatic rings. The van der Waals surface area contributed by atoms with Crippen LogP contribution in [0.2, 0.25) is 0 Å². The molecule has 4 rings (SSSR count). The summed E-state index contributed by atoms with van der Waals surface area (Å²) in [4.78, 5) is 16.8. The summed E-state index contributed by atoms with van der Waals surface area (Å²) in [6.45, 7) is 3.98. The van der Waals surface area contributed by atoms with Crippen molar-refractivity contribution in [3.63, 3.8) is 0 Å². The quantitative estimate of drug-likeness (QED) is 0.787. The fourth-order valence-corrected chi connectivity index (χ4v) is 3.99. The van der Waals surface area contributed by atoms with E-state index in [1.165, 1.54) is 11.1 Å². The Morgan fingerprint density at radius 3 is 2.75 bits per heavy atom. The van der Waals surface area contributed by atoms with E-state index in [1.54, 1.807) is 0 Å². The third-order valence-electron chi connectivity index (χ3n) is 5.12. The Hall–Kier alpha value is -2.62. The van der Waals surface area contributed by atoms with Crippen molar-refractivity contribution in [1.29, 1.82) is 0 Å². The predicted molar refractivity (Wildman–Crippen MR) is 94.4 cm³/mol. The normalized spacial score (nSPS) is 17.0. The number of hydrogen-bond donors (Lipinski definition) is 1. The van der Waals surface area contributed by atoms with E-state index in [-0.39, 0.29) is 5.91 Å². The molecule has 1 aromatic carbocycles. The van der Waals surface area contributed by atoms with Gasteiger partial charge in [-0.15, -0.1) is 0 Å². The lowest BCUT2D eigenvalue weighted by molar-refractivity contribution is 0.100. The second-order valence-electron chi connectivity index (χ2n) is 6.76. The molecule has 4 nitrogen and oxygen atoms in total. The van der Waals surface area contributed by atoms with Gasteiger partial charge in [0.25, 0.3) is 5.91 Å². The second kappa shape index (κ2) is 5.48. The Kier molecular flexibility index (Phi) is 3.41. The number of benzene rings is 1. The van der Waals surface area contributed by atoms with Crippen LogP contribution >= 0.6 is 0 Å². The lowest BCUT2D eigenvalue weighted by atomic mass is 9.80. The van der Waals surface area contributed by atoms with Crippen molar-refractivity contribution < 1.29 is 4.79 Å². The molecular formula is C20H21N3O.